The van der Waals surface area contributed by atoms with Gasteiger partial charge in [0.05, 0.1) is 18.1 Å². The molecule has 0 amide bonds. The van der Waals surface area contributed by atoms with Crippen molar-refractivity contribution < 1.29 is 19.2 Å². The lowest BCUT2D eigenvalue weighted by Crippen LogP contribution is -2.06. The molecule has 0 bridgehead atoms. The lowest BCUT2D eigenvalue weighted by atomic mass is 9.99. The zero-order chi connectivity index (χ0) is 15.4. The molecule has 0 radical (unpaired) electrons. The molecule has 0 spiro atoms. The molecule has 0 saturated heterocycles. The number of nitro groups is 1. The first-order valence-corrected chi connectivity index (χ1v) is 6.26. The molecule has 0 aromatic heterocycles. The summed E-state index contributed by atoms with van der Waals surface area (Å²) in [5.74, 6) is -0.269. The van der Waals surface area contributed by atoms with Gasteiger partial charge < -0.3 is 9.84 Å². The van der Waals surface area contributed by atoms with Crippen LogP contribution in [-0.4, -0.2) is 17.1 Å². The Morgan fingerprint density at radius 2 is 2.05 bits per heavy atom. The number of methoxy groups -OCH3 is 1. The van der Waals surface area contributed by atoms with E-state index in [2.05, 4.69) is 0 Å². The lowest BCUT2D eigenvalue weighted by molar-refractivity contribution is -0.385. The Hall–Kier alpha value is -2.47. The fraction of sp³-hybridized carbons (Fsp3) is 0.200. The fourth-order valence-corrected chi connectivity index (χ4v) is 2.08. The maximum Gasteiger partial charge on any atom is 0.272 e. The Balaban J connectivity index is 2.26. The van der Waals surface area contributed by atoms with Crippen molar-refractivity contribution in [3.05, 3.63) is 69.5 Å². The molecule has 0 saturated carbocycles. The van der Waals surface area contributed by atoms with Crippen molar-refractivity contribution in [1.82, 2.24) is 0 Å². The lowest BCUT2D eigenvalue weighted by Gasteiger charge is -2.13. The van der Waals surface area contributed by atoms with Crippen molar-refractivity contribution in [2.45, 2.75) is 12.5 Å². The number of aliphatic hydroxyl groups is 1. The third-order valence-electron chi connectivity index (χ3n) is 3.17. The van der Waals surface area contributed by atoms with Crippen molar-refractivity contribution in [2.75, 3.05) is 7.11 Å². The molecule has 2 aromatic rings. The molecule has 0 aliphatic heterocycles. The first kappa shape index (κ1) is 14.9. The van der Waals surface area contributed by atoms with E-state index in [1.54, 1.807) is 18.2 Å². The Morgan fingerprint density at radius 3 is 2.67 bits per heavy atom. The molecule has 21 heavy (non-hydrogen) atoms. The normalized spacial score (nSPS) is 12.0. The summed E-state index contributed by atoms with van der Waals surface area (Å²) in [6.45, 7) is 0. The van der Waals surface area contributed by atoms with Gasteiger partial charge in [0.2, 0.25) is 0 Å². The molecular weight excluding hydrogens is 277 g/mol. The van der Waals surface area contributed by atoms with Crippen molar-refractivity contribution in [3.8, 4) is 5.75 Å². The van der Waals surface area contributed by atoms with Gasteiger partial charge in [-0.25, -0.2) is 4.39 Å². The third-order valence-corrected chi connectivity index (χ3v) is 3.17. The van der Waals surface area contributed by atoms with Crippen molar-refractivity contribution in [3.63, 3.8) is 0 Å². The van der Waals surface area contributed by atoms with Crippen LogP contribution in [0.25, 0.3) is 0 Å². The predicted molar refractivity (Wildman–Crippen MR) is 74.7 cm³/mol. The van der Waals surface area contributed by atoms with Crippen molar-refractivity contribution in [2.24, 2.45) is 0 Å². The van der Waals surface area contributed by atoms with Gasteiger partial charge in [0, 0.05) is 29.7 Å². The molecular formula is C15H14FNO4. The highest BCUT2D eigenvalue weighted by Gasteiger charge is 2.19. The zero-order valence-corrected chi connectivity index (χ0v) is 11.3. The van der Waals surface area contributed by atoms with Crippen LogP contribution in [-0.2, 0) is 6.42 Å². The fourth-order valence-electron chi connectivity index (χ4n) is 2.08. The van der Waals surface area contributed by atoms with Crippen molar-refractivity contribution in [1.29, 1.82) is 0 Å². The van der Waals surface area contributed by atoms with Gasteiger partial charge in [0.1, 0.15) is 11.6 Å². The van der Waals surface area contributed by atoms with Crippen LogP contribution in [0.1, 0.15) is 17.2 Å². The largest absolute Gasteiger partial charge is 0.497 e. The number of hydrogen-bond acceptors (Lipinski definition) is 4. The average Bonchev–Trinajstić information content (AvgIpc) is 2.47. The second kappa shape index (κ2) is 6.32. The minimum atomic E-state index is -1.17. The highest BCUT2D eigenvalue weighted by atomic mass is 19.1. The predicted octanol–water partition coefficient (Wildman–Crippen LogP) is 3.02. The number of nitro benzene ring substituents is 1. The number of benzene rings is 2. The quantitative estimate of drug-likeness (QED) is 0.679. The minimum Gasteiger partial charge on any atom is -0.497 e. The number of halogens is 1. The van der Waals surface area contributed by atoms with Gasteiger partial charge in [-0.3, -0.25) is 10.1 Å². The Bertz CT molecular complexity index is 660. The van der Waals surface area contributed by atoms with Crippen LogP contribution in [0.15, 0.2) is 42.5 Å². The number of para-hydroxylation sites is 1. The second-order valence-electron chi connectivity index (χ2n) is 4.49. The number of nitrogens with zero attached hydrogens (tertiary/aromatic N) is 1. The number of aliphatic hydroxyl groups excluding tert-OH is 1. The second-order valence-corrected chi connectivity index (χ2v) is 4.49. The molecule has 0 aliphatic carbocycles. The van der Waals surface area contributed by atoms with Crippen LogP contribution >= 0.6 is 0 Å². The Morgan fingerprint density at radius 1 is 1.33 bits per heavy atom. The van der Waals surface area contributed by atoms with Gasteiger partial charge in [0.25, 0.3) is 5.69 Å². The van der Waals surface area contributed by atoms with Gasteiger partial charge in [-0.2, -0.15) is 0 Å². The maximum atomic E-state index is 13.9. The Kier molecular flexibility index (Phi) is 4.49. The summed E-state index contributed by atoms with van der Waals surface area (Å²) in [6, 6.07) is 10.2. The average molecular weight is 291 g/mol. The van der Waals surface area contributed by atoms with Crippen LogP contribution < -0.4 is 4.74 Å². The smallest absolute Gasteiger partial charge is 0.272 e. The molecule has 2 rings (SSSR count). The molecule has 5 nitrogen and oxygen atoms in total. The SMILES string of the molecule is COc1ccc(C(O)Cc2ccccc2[N+](=O)[O-])c(F)c1. The van der Waals surface area contributed by atoms with E-state index in [1.807, 2.05) is 0 Å². The summed E-state index contributed by atoms with van der Waals surface area (Å²) in [6.07, 6.45) is -1.21. The van der Waals surface area contributed by atoms with E-state index in [0.717, 1.165) is 6.07 Å². The summed E-state index contributed by atoms with van der Waals surface area (Å²) in [7, 11) is 1.41. The molecule has 0 fully saturated rings. The van der Waals surface area contributed by atoms with Crippen LogP contribution in [0, 0.1) is 15.9 Å². The topological polar surface area (TPSA) is 72.6 Å². The van der Waals surface area contributed by atoms with Gasteiger partial charge in [-0.05, 0) is 12.1 Å². The first-order valence-electron chi connectivity index (χ1n) is 6.26. The Labute approximate surface area is 120 Å². The van der Waals surface area contributed by atoms with Crippen LogP contribution in [0.2, 0.25) is 0 Å². The number of ether oxygens (including phenoxy) is 1. The van der Waals surface area contributed by atoms with E-state index in [0.29, 0.717) is 11.3 Å². The summed E-state index contributed by atoms with van der Waals surface area (Å²) < 4.78 is 18.8. The summed E-state index contributed by atoms with van der Waals surface area (Å²) in [5.41, 5.74) is 0.338. The molecule has 1 N–H and O–H groups in total. The van der Waals surface area contributed by atoms with Gasteiger partial charge in [0.15, 0.2) is 0 Å². The maximum absolute atomic E-state index is 13.9. The minimum absolute atomic E-state index is 0.0413. The third kappa shape index (κ3) is 3.35. The molecule has 1 atom stereocenters. The highest BCUT2D eigenvalue weighted by Crippen LogP contribution is 2.27. The van der Waals surface area contributed by atoms with Crippen LogP contribution in [0.5, 0.6) is 5.75 Å². The van der Waals surface area contributed by atoms with Gasteiger partial charge in [-0.15, -0.1) is 0 Å². The zero-order valence-electron chi connectivity index (χ0n) is 11.3. The highest BCUT2D eigenvalue weighted by molar-refractivity contribution is 5.41. The summed E-state index contributed by atoms with van der Waals surface area (Å²) >= 11 is 0. The van der Waals surface area contributed by atoms with E-state index in [-0.39, 0.29) is 17.7 Å². The van der Waals surface area contributed by atoms with Gasteiger partial charge >= 0.3 is 0 Å². The van der Waals surface area contributed by atoms with Crippen LogP contribution in [0.3, 0.4) is 0 Å². The molecule has 0 aliphatic rings. The van der Waals surface area contributed by atoms with E-state index in [9.17, 15) is 19.6 Å². The molecule has 1 unspecified atom stereocenters. The molecule has 2 aromatic carbocycles. The van der Waals surface area contributed by atoms with E-state index >= 15 is 0 Å². The summed E-state index contributed by atoms with van der Waals surface area (Å²) in [4.78, 5) is 10.4. The monoisotopic (exact) mass is 291 g/mol. The van der Waals surface area contributed by atoms with Crippen LogP contribution in [0.4, 0.5) is 10.1 Å². The van der Waals surface area contributed by atoms with E-state index in [1.165, 1.54) is 25.3 Å². The summed E-state index contributed by atoms with van der Waals surface area (Å²) in [5, 5.41) is 21.0. The molecule has 110 valence electrons. The van der Waals surface area contributed by atoms with E-state index < -0.39 is 16.8 Å². The number of rotatable bonds is 5. The van der Waals surface area contributed by atoms with E-state index in [4.69, 9.17) is 4.74 Å². The van der Waals surface area contributed by atoms with Gasteiger partial charge in [-0.1, -0.05) is 18.2 Å². The number of hydrogen-bond donors (Lipinski definition) is 1. The molecule has 0 heterocycles. The van der Waals surface area contributed by atoms with Crippen molar-refractivity contribution >= 4 is 5.69 Å². The standard InChI is InChI=1S/C15H14FNO4/c1-21-11-6-7-12(13(16)9-11)15(18)8-10-4-2-3-5-14(10)17(19)20/h2-7,9,15,18H,8H2,1H3. The molecule has 6 heteroatoms. The first-order chi connectivity index (χ1) is 10.0.